The number of rotatable bonds is 5. The lowest BCUT2D eigenvalue weighted by Crippen LogP contribution is -2.36. The van der Waals surface area contributed by atoms with Crippen LogP contribution >= 0.6 is 0 Å². The highest BCUT2D eigenvalue weighted by atomic mass is 16.2. The second-order valence-electron chi connectivity index (χ2n) is 5.64. The van der Waals surface area contributed by atoms with Crippen molar-refractivity contribution in [3.63, 3.8) is 0 Å². The largest absolute Gasteiger partial charge is 0.354 e. The van der Waals surface area contributed by atoms with Gasteiger partial charge in [-0.3, -0.25) is 4.79 Å². The minimum Gasteiger partial charge on any atom is -0.354 e. The molecule has 0 spiro atoms. The van der Waals surface area contributed by atoms with E-state index in [-0.39, 0.29) is 5.91 Å². The molecule has 19 heavy (non-hydrogen) atoms. The van der Waals surface area contributed by atoms with E-state index in [0.29, 0.717) is 12.5 Å². The zero-order chi connectivity index (χ0) is 14.5. The maximum Gasteiger partial charge on any atom is 0.239 e. The van der Waals surface area contributed by atoms with Crippen molar-refractivity contribution >= 4 is 5.91 Å². The van der Waals surface area contributed by atoms with Crippen LogP contribution < -0.4 is 5.32 Å². The molecule has 1 amide bonds. The van der Waals surface area contributed by atoms with Gasteiger partial charge in [0.2, 0.25) is 5.91 Å². The summed E-state index contributed by atoms with van der Waals surface area (Å²) in [7, 11) is 0. The van der Waals surface area contributed by atoms with Crippen molar-refractivity contribution in [2.24, 2.45) is 5.41 Å². The summed E-state index contributed by atoms with van der Waals surface area (Å²) < 4.78 is 0. The van der Waals surface area contributed by atoms with Crippen molar-refractivity contribution in [1.29, 1.82) is 5.26 Å². The van der Waals surface area contributed by atoms with Crippen LogP contribution in [0.4, 0.5) is 0 Å². The van der Waals surface area contributed by atoms with Gasteiger partial charge in [0.05, 0.1) is 6.07 Å². The first kappa shape index (κ1) is 15.2. The fourth-order valence-corrected chi connectivity index (χ4v) is 1.66. The highest BCUT2D eigenvalue weighted by molar-refractivity contribution is 5.84. The molecule has 0 aromatic heterocycles. The zero-order valence-corrected chi connectivity index (χ0v) is 12.2. The summed E-state index contributed by atoms with van der Waals surface area (Å²) in [6.07, 6.45) is 0.783. The van der Waals surface area contributed by atoms with Gasteiger partial charge in [-0.2, -0.15) is 5.26 Å². The van der Waals surface area contributed by atoms with Gasteiger partial charge >= 0.3 is 0 Å². The third-order valence-electron chi connectivity index (χ3n) is 3.19. The first-order chi connectivity index (χ1) is 8.86. The van der Waals surface area contributed by atoms with E-state index in [9.17, 15) is 4.79 Å². The minimum absolute atomic E-state index is 0.214. The summed E-state index contributed by atoms with van der Waals surface area (Å²) in [6.45, 7) is 8.14. The first-order valence-corrected chi connectivity index (χ1v) is 6.65. The smallest absolute Gasteiger partial charge is 0.239 e. The maximum atomic E-state index is 11.7. The van der Waals surface area contributed by atoms with Crippen molar-refractivity contribution in [2.45, 2.75) is 40.0 Å². The average molecular weight is 258 g/mol. The van der Waals surface area contributed by atoms with Gasteiger partial charge in [-0.15, -0.1) is 0 Å². The highest BCUT2D eigenvalue weighted by Gasteiger charge is 2.26. The monoisotopic (exact) mass is 258 g/mol. The Morgan fingerprint density at radius 1 is 1.32 bits per heavy atom. The topological polar surface area (TPSA) is 52.9 Å². The van der Waals surface area contributed by atoms with Gasteiger partial charge in [0.1, 0.15) is 5.41 Å². The summed E-state index contributed by atoms with van der Waals surface area (Å²) in [5.74, 6) is 0.319. The van der Waals surface area contributed by atoms with Crippen LogP contribution in [0.1, 0.15) is 44.7 Å². The fraction of sp³-hybridized carbons (Fsp3) is 0.500. The standard InChI is InChI=1S/C16H22N2O/c1-12(2)14-7-5-13(6-8-14)9-10-18-15(19)16(3,4)11-17/h5-8,12H,9-10H2,1-4H3,(H,18,19). The van der Waals surface area contributed by atoms with Gasteiger partial charge in [0.15, 0.2) is 0 Å². The van der Waals surface area contributed by atoms with E-state index in [1.54, 1.807) is 13.8 Å². The third-order valence-corrected chi connectivity index (χ3v) is 3.19. The molecule has 0 bridgehead atoms. The molecule has 3 heteroatoms. The number of nitriles is 1. The van der Waals surface area contributed by atoms with Crippen molar-refractivity contribution in [3.8, 4) is 6.07 Å². The van der Waals surface area contributed by atoms with Crippen LogP contribution in [0.25, 0.3) is 0 Å². The summed E-state index contributed by atoms with van der Waals surface area (Å²) in [6, 6.07) is 10.4. The minimum atomic E-state index is -0.957. The van der Waals surface area contributed by atoms with Crippen LogP contribution in [-0.2, 0) is 11.2 Å². The number of carbonyl (C=O) groups is 1. The van der Waals surface area contributed by atoms with Gasteiger partial charge in [-0.05, 0) is 37.3 Å². The van der Waals surface area contributed by atoms with E-state index >= 15 is 0 Å². The molecule has 0 fully saturated rings. The third kappa shape index (κ3) is 4.40. The Morgan fingerprint density at radius 2 is 1.89 bits per heavy atom. The fourth-order valence-electron chi connectivity index (χ4n) is 1.66. The van der Waals surface area contributed by atoms with E-state index in [0.717, 1.165) is 6.42 Å². The number of hydrogen-bond acceptors (Lipinski definition) is 2. The van der Waals surface area contributed by atoms with Gasteiger partial charge < -0.3 is 5.32 Å². The van der Waals surface area contributed by atoms with Crippen molar-refractivity contribution in [3.05, 3.63) is 35.4 Å². The van der Waals surface area contributed by atoms with E-state index in [1.165, 1.54) is 11.1 Å². The van der Waals surface area contributed by atoms with E-state index < -0.39 is 5.41 Å². The Kier molecular flexibility index (Phi) is 5.11. The maximum absolute atomic E-state index is 11.7. The summed E-state index contributed by atoms with van der Waals surface area (Å²) in [5.41, 5.74) is 1.56. The van der Waals surface area contributed by atoms with Gasteiger partial charge in [0, 0.05) is 6.54 Å². The highest BCUT2D eigenvalue weighted by Crippen LogP contribution is 2.15. The quantitative estimate of drug-likeness (QED) is 0.882. The van der Waals surface area contributed by atoms with E-state index in [1.807, 2.05) is 6.07 Å². The molecule has 102 valence electrons. The molecule has 1 rings (SSSR count). The van der Waals surface area contributed by atoms with Crippen LogP contribution in [0.5, 0.6) is 0 Å². The average Bonchev–Trinajstić information content (AvgIpc) is 2.39. The molecule has 0 heterocycles. The molecule has 0 aliphatic heterocycles. The summed E-state index contributed by atoms with van der Waals surface area (Å²) in [5, 5.41) is 11.7. The number of nitrogens with one attached hydrogen (secondary N) is 1. The lowest BCUT2D eigenvalue weighted by atomic mass is 9.94. The number of benzene rings is 1. The Hall–Kier alpha value is -1.82. The van der Waals surface area contributed by atoms with Crippen molar-refractivity contribution in [2.75, 3.05) is 6.54 Å². The molecule has 0 atom stereocenters. The molecular formula is C16H22N2O. The number of amides is 1. The molecule has 3 nitrogen and oxygen atoms in total. The van der Waals surface area contributed by atoms with Crippen LogP contribution in [-0.4, -0.2) is 12.5 Å². The Balaban J connectivity index is 2.46. The van der Waals surface area contributed by atoms with Crippen molar-refractivity contribution in [1.82, 2.24) is 5.32 Å². The number of hydrogen-bond donors (Lipinski definition) is 1. The van der Waals surface area contributed by atoms with Crippen LogP contribution in [0, 0.1) is 16.7 Å². The van der Waals surface area contributed by atoms with Gasteiger partial charge in [-0.25, -0.2) is 0 Å². The Bertz CT molecular complexity index is 467. The second kappa shape index (κ2) is 6.38. The molecule has 0 aliphatic rings. The molecule has 1 N–H and O–H groups in total. The molecule has 0 radical (unpaired) electrons. The van der Waals surface area contributed by atoms with Crippen molar-refractivity contribution < 1.29 is 4.79 Å². The SMILES string of the molecule is CC(C)c1ccc(CCNC(=O)C(C)(C)C#N)cc1. The van der Waals surface area contributed by atoms with E-state index in [4.69, 9.17) is 5.26 Å². The zero-order valence-electron chi connectivity index (χ0n) is 12.2. The van der Waals surface area contributed by atoms with E-state index in [2.05, 4.69) is 43.4 Å². The second-order valence-corrected chi connectivity index (χ2v) is 5.64. The van der Waals surface area contributed by atoms with Crippen LogP contribution in [0.3, 0.4) is 0 Å². The molecule has 0 unspecified atom stereocenters. The number of nitrogens with zero attached hydrogens (tertiary/aromatic N) is 1. The molecule has 1 aromatic carbocycles. The normalized spacial score (nSPS) is 11.2. The molecule has 1 aromatic rings. The lowest BCUT2D eigenvalue weighted by molar-refractivity contribution is -0.126. The number of carbonyl (C=O) groups excluding carboxylic acids is 1. The Morgan fingerprint density at radius 3 is 2.37 bits per heavy atom. The van der Waals surface area contributed by atoms with Gasteiger partial charge in [0.25, 0.3) is 0 Å². The molecular weight excluding hydrogens is 236 g/mol. The summed E-state index contributed by atoms with van der Waals surface area (Å²) >= 11 is 0. The van der Waals surface area contributed by atoms with Gasteiger partial charge in [-0.1, -0.05) is 38.1 Å². The molecule has 0 saturated heterocycles. The predicted octanol–water partition coefficient (Wildman–Crippen LogP) is 3.02. The Labute approximate surface area is 115 Å². The molecule has 0 saturated carbocycles. The predicted molar refractivity (Wildman–Crippen MR) is 76.6 cm³/mol. The molecule has 0 aliphatic carbocycles. The lowest BCUT2D eigenvalue weighted by Gasteiger charge is -2.15. The summed E-state index contributed by atoms with van der Waals surface area (Å²) in [4.78, 5) is 11.7. The van der Waals surface area contributed by atoms with Crippen LogP contribution in [0.15, 0.2) is 24.3 Å². The first-order valence-electron chi connectivity index (χ1n) is 6.65. The van der Waals surface area contributed by atoms with Crippen LogP contribution in [0.2, 0.25) is 0 Å².